The molecule has 1 aliphatic rings. The van der Waals surface area contributed by atoms with Gasteiger partial charge in [0.05, 0.1) is 6.61 Å². The number of hydrazine groups is 1. The molecule has 0 saturated carbocycles. The van der Waals surface area contributed by atoms with Gasteiger partial charge in [-0.3, -0.25) is 15.0 Å². The van der Waals surface area contributed by atoms with Crippen LogP contribution >= 0.6 is 0 Å². The molecule has 1 aliphatic heterocycles. The second-order valence-corrected chi connectivity index (χ2v) is 2.59. The van der Waals surface area contributed by atoms with Crippen LogP contribution in [0.2, 0.25) is 0 Å². The molecule has 0 radical (unpaired) electrons. The molecule has 1 saturated heterocycles. The average molecular weight is 184 g/mol. The van der Waals surface area contributed by atoms with Gasteiger partial charge in [-0.25, -0.2) is 0 Å². The third-order valence-corrected chi connectivity index (χ3v) is 1.61. The number of rotatable bonds is 4. The number of ether oxygens (including phenoxy) is 1. The molecule has 5 heteroatoms. The first-order valence-corrected chi connectivity index (χ1v) is 4.09. The van der Waals surface area contributed by atoms with E-state index in [1.165, 1.54) is 0 Å². The molecule has 0 aromatic carbocycles. The zero-order chi connectivity index (χ0) is 9.84. The molecule has 1 heterocycles. The third kappa shape index (κ3) is 2.21. The quantitative estimate of drug-likeness (QED) is 0.499. The van der Waals surface area contributed by atoms with Crippen LogP contribution in [0.5, 0.6) is 0 Å². The van der Waals surface area contributed by atoms with E-state index in [2.05, 4.69) is 12.0 Å². The number of nitrogens with zero attached hydrogens (tertiary/aromatic N) is 1. The van der Waals surface area contributed by atoms with Crippen molar-refractivity contribution in [3.8, 4) is 0 Å². The number of hydrogen-bond donors (Lipinski definition) is 1. The van der Waals surface area contributed by atoms with Crippen molar-refractivity contribution in [3.63, 3.8) is 0 Å². The van der Waals surface area contributed by atoms with Crippen LogP contribution in [0.1, 0.15) is 19.8 Å². The average Bonchev–Trinajstić information content (AvgIpc) is 2.36. The third-order valence-electron chi connectivity index (χ3n) is 1.61. The summed E-state index contributed by atoms with van der Waals surface area (Å²) in [6, 6.07) is 0. The molecule has 1 rings (SSSR count). The highest BCUT2D eigenvalue weighted by Crippen LogP contribution is 2.09. The molecule has 1 fully saturated rings. The summed E-state index contributed by atoms with van der Waals surface area (Å²) in [5.74, 6) is -0.275. The van der Waals surface area contributed by atoms with Crippen molar-refractivity contribution < 1.29 is 14.3 Å². The van der Waals surface area contributed by atoms with Gasteiger partial charge < -0.3 is 4.74 Å². The zero-order valence-corrected chi connectivity index (χ0v) is 7.50. The summed E-state index contributed by atoms with van der Waals surface area (Å²) in [5, 5.41) is 0.942. The molecule has 5 nitrogen and oxygen atoms in total. The van der Waals surface area contributed by atoms with Gasteiger partial charge in [-0.05, 0) is 13.5 Å². The molecule has 0 atom stereocenters. The van der Waals surface area contributed by atoms with Crippen LogP contribution in [-0.4, -0.2) is 23.4 Å². The number of amides is 2. The number of hydrogen-bond acceptors (Lipinski definition) is 4. The molecule has 2 amide bonds. The van der Waals surface area contributed by atoms with E-state index in [0.717, 1.165) is 5.01 Å². The predicted octanol–water partition coefficient (Wildman–Crippen LogP) is 0.148. The first-order chi connectivity index (χ1) is 6.15. The molecule has 0 aromatic rings. The standard InChI is InChI=1S/C8H12N2O3/c1-3-13-6(2)9-10-7(11)4-5-8(10)12/h9H,2-5H2,1H3. The Hall–Kier alpha value is -1.52. The lowest BCUT2D eigenvalue weighted by Gasteiger charge is -2.17. The molecular formula is C8H12N2O3. The fourth-order valence-corrected chi connectivity index (χ4v) is 1.03. The normalized spacial score (nSPS) is 16.2. The summed E-state index contributed by atoms with van der Waals surface area (Å²) >= 11 is 0. The Morgan fingerprint density at radius 3 is 2.54 bits per heavy atom. The van der Waals surface area contributed by atoms with Crippen LogP contribution in [0.4, 0.5) is 0 Å². The summed E-state index contributed by atoms with van der Waals surface area (Å²) < 4.78 is 4.95. The lowest BCUT2D eigenvalue weighted by Crippen LogP contribution is -2.41. The maximum absolute atomic E-state index is 11.1. The van der Waals surface area contributed by atoms with Crippen molar-refractivity contribution in [3.05, 3.63) is 12.5 Å². The van der Waals surface area contributed by atoms with Crippen LogP contribution in [0, 0.1) is 0 Å². The van der Waals surface area contributed by atoms with Crippen LogP contribution in [0.3, 0.4) is 0 Å². The maximum Gasteiger partial charge on any atom is 0.248 e. The largest absolute Gasteiger partial charge is 0.479 e. The van der Waals surface area contributed by atoms with Crippen molar-refractivity contribution in [2.75, 3.05) is 6.61 Å². The fraction of sp³-hybridized carbons (Fsp3) is 0.500. The van der Waals surface area contributed by atoms with Gasteiger partial charge in [0.2, 0.25) is 11.8 Å². The van der Waals surface area contributed by atoms with Crippen LogP contribution < -0.4 is 5.43 Å². The van der Waals surface area contributed by atoms with Crippen LogP contribution in [0.15, 0.2) is 12.5 Å². The smallest absolute Gasteiger partial charge is 0.248 e. The van der Waals surface area contributed by atoms with Gasteiger partial charge in [0.15, 0.2) is 5.88 Å². The van der Waals surface area contributed by atoms with Gasteiger partial charge in [0, 0.05) is 12.8 Å². The summed E-state index contributed by atoms with van der Waals surface area (Å²) in [4.78, 5) is 22.1. The van der Waals surface area contributed by atoms with Gasteiger partial charge in [0.25, 0.3) is 0 Å². The van der Waals surface area contributed by atoms with E-state index < -0.39 is 0 Å². The van der Waals surface area contributed by atoms with E-state index in [4.69, 9.17) is 4.74 Å². The van der Waals surface area contributed by atoms with Crippen molar-refractivity contribution in [1.29, 1.82) is 0 Å². The molecule has 0 aliphatic carbocycles. The minimum Gasteiger partial charge on any atom is -0.479 e. The minimum absolute atomic E-state index is 0.214. The molecule has 0 bridgehead atoms. The molecule has 13 heavy (non-hydrogen) atoms. The highest BCUT2D eigenvalue weighted by atomic mass is 16.5. The Morgan fingerprint density at radius 2 is 2.08 bits per heavy atom. The number of carbonyl (C=O) groups excluding carboxylic acids is 2. The van der Waals surface area contributed by atoms with E-state index in [0.29, 0.717) is 6.61 Å². The summed E-state index contributed by atoms with van der Waals surface area (Å²) in [6.45, 7) is 5.74. The number of carbonyl (C=O) groups is 2. The Morgan fingerprint density at radius 1 is 1.54 bits per heavy atom. The molecule has 0 spiro atoms. The lowest BCUT2D eigenvalue weighted by atomic mass is 10.4. The van der Waals surface area contributed by atoms with E-state index in [1.54, 1.807) is 6.92 Å². The highest BCUT2D eigenvalue weighted by Gasteiger charge is 2.29. The fourth-order valence-electron chi connectivity index (χ4n) is 1.03. The van der Waals surface area contributed by atoms with Gasteiger partial charge >= 0.3 is 0 Å². The summed E-state index contributed by atoms with van der Waals surface area (Å²) in [7, 11) is 0. The van der Waals surface area contributed by atoms with Gasteiger partial charge in [-0.15, -0.1) is 0 Å². The van der Waals surface area contributed by atoms with E-state index >= 15 is 0 Å². The minimum atomic E-state index is -0.245. The maximum atomic E-state index is 11.1. The van der Waals surface area contributed by atoms with E-state index in [9.17, 15) is 9.59 Å². The molecule has 0 aromatic heterocycles. The molecule has 72 valence electrons. The monoisotopic (exact) mass is 184 g/mol. The molecule has 0 unspecified atom stereocenters. The summed E-state index contributed by atoms with van der Waals surface area (Å²) in [5.41, 5.74) is 2.50. The summed E-state index contributed by atoms with van der Waals surface area (Å²) in [6.07, 6.45) is 0.510. The topological polar surface area (TPSA) is 58.6 Å². The number of imide groups is 1. The van der Waals surface area contributed by atoms with Gasteiger partial charge in [0.1, 0.15) is 0 Å². The highest BCUT2D eigenvalue weighted by molar-refractivity contribution is 6.01. The zero-order valence-electron chi connectivity index (χ0n) is 7.50. The van der Waals surface area contributed by atoms with Crippen molar-refractivity contribution in [2.45, 2.75) is 19.8 Å². The number of nitrogens with one attached hydrogen (secondary N) is 1. The molecule has 1 N–H and O–H groups in total. The Labute approximate surface area is 76.3 Å². The predicted molar refractivity (Wildman–Crippen MR) is 45.0 cm³/mol. The molecular weight excluding hydrogens is 172 g/mol. The van der Waals surface area contributed by atoms with E-state index in [1.807, 2.05) is 0 Å². The Kier molecular flexibility index (Phi) is 2.89. The van der Waals surface area contributed by atoms with E-state index in [-0.39, 0.29) is 30.5 Å². The Balaban J connectivity index is 2.48. The second kappa shape index (κ2) is 3.93. The first-order valence-electron chi connectivity index (χ1n) is 4.09. The van der Waals surface area contributed by atoms with Crippen LogP contribution in [0.25, 0.3) is 0 Å². The SMILES string of the molecule is C=C(NN1C(=O)CCC1=O)OCC. The van der Waals surface area contributed by atoms with Crippen molar-refractivity contribution >= 4 is 11.8 Å². The lowest BCUT2D eigenvalue weighted by molar-refractivity contribution is -0.142. The van der Waals surface area contributed by atoms with Crippen molar-refractivity contribution in [2.24, 2.45) is 0 Å². The van der Waals surface area contributed by atoms with Crippen molar-refractivity contribution in [1.82, 2.24) is 10.4 Å². The van der Waals surface area contributed by atoms with Gasteiger partial charge in [-0.1, -0.05) is 0 Å². The second-order valence-electron chi connectivity index (χ2n) is 2.59. The van der Waals surface area contributed by atoms with Crippen LogP contribution in [-0.2, 0) is 14.3 Å². The Bertz CT molecular complexity index is 234. The first kappa shape index (κ1) is 9.57. The van der Waals surface area contributed by atoms with Gasteiger partial charge in [-0.2, -0.15) is 5.01 Å².